The summed E-state index contributed by atoms with van der Waals surface area (Å²) in [7, 11) is 2.13. The Bertz CT molecular complexity index is 2030. The second-order valence-corrected chi connectivity index (χ2v) is 11.2. The highest BCUT2D eigenvalue weighted by Gasteiger charge is 2.24. The van der Waals surface area contributed by atoms with Gasteiger partial charge in [0.15, 0.2) is 6.20 Å². The molecule has 2 heteroatoms. The largest absolute Gasteiger partial charge is 0.239 e. The van der Waals surface area contributed by atoms with Crippen LogP contribution in [0.15, 0.2) is 164 Å². The van der Waals surface area contributed by atoms with Gasteiger partial charge in [0, 0.05) is 11.1 Å². The monoisotopic (exact) mass is 565 g/mol. The lowest BCUT2D eigenvalue weighted by Gasteiger charge is -2.13. The summed E-state index contributed by atoms with van der Waals surface area (Å²) < 4.78 is 2.23. The van der Waals surface area contributed by atoms with E-state index >= 15 is 0 Å². The summed E-state index contributed by atoms with van der Waals surface area (Å²) >= 11 is 0. The predicted molar refractivity (Wildman–Crippen MR) is 183 cm³/mol. The highest BCUT2D eigenvalue weighted by Crippen LogP contribution is 2.35. The molecule has 2 nitrogen and oxygen atoms in total. The summed E-state index contributed by atoms with van der Waals surface area (Å²) in [4.78, 5) is 5.36. The number of nitrogens with zero attached hydrogens (tertiary/aromatic N) is 2. The number of hydrogen-bond donors (Lipinski definition) is 0. The molecule has 0 spiro atoms. The second-order valence-electron chi connectivity index (χ2n) is 11.2. The molecule has 7 aromatic rings. The van der Waals surface area contributed by atoms with E-state index in [1.54, 1.807) is 0 Å². The van der Waals surface area contributed by atoms with Crippen LogP contribution in [0.5, 0.6) is 0 Å². The van der Waals surface area contributed by atoms with Gasteiger partial charge in [0.05, 0.1) is 5.56 Å². The zero-order valence-electron chi connectivity index (χ0n) is 25.0. The number of aromatic nitrogens is 2. The van der Waals surface area contributed by atoms with Crippen LogP contribution in [-0.2, 0) is 7.05 Å². The maximum Gasteiger partial charge on any atom is 0.239 e. The Balaban J connectivity index is 1.35. The lowest BCUT2D eigenvalue weighted by Crippen LogP contribution is -2.32. The Labute approximate surface area is 259 Å². The Kier molecular flexibility index (Phi) is 7.40. The Morgan fingerprint density at radius 2 is 0.841 bits per heavy atom. The number of rotatable bonds is 6. The number of hydrogen-bond acceptors (Lipinski definition) is 1. The number of benzene rings is 6. The SMILES string of the molecule is Cc1cc(-c2ccccc2)ccc1-c1c(-c2ccc(-c3ccccc3)cc2)nc(-c2ccc(-c3ccccc3)cc2)c[n+]1C. The lowest BCUT2D eigenvalue weighted by molar-refractivity contribution is -0.659. The molecule has 1 aromatic heterocycles. The van der Waals surface area contributed by atoms with Crippen LogP contribution in [0.2, 0.25) is 0 Å². The van der Waals surface area contributed by atoms with Gasteiger partial charge in [0.25, 0.3) is 0 Å². The van der Waals surface area contributed by atoms with E-state index in [-0.39, 0.29) is 0 Å². The van der Waals surface area contributed by atoms with E-state index in [1.807, 2.05) is 6.07 Å². The van der Waals surface area contributed by atoms with Gasteiger partial charge in [-0.2, -0.15) is 4.57 Å². The molecule has 6 aromatic carbocycles. The molecule has 210 valence electrons. The smallest absolute Gasteiger partial charge is 0.234 e. The quantitative estimate of drug-likeness (QED) is 0.183. The van der Waals surface area contributed by atoms with Crippen molar-refractivity contribution < 1.29 is 4.57 Å². The first kappa shape index (κ1) is 27.2. The van der Waals surface area contributed by atoms with Gasteiger partial charge in [-0.05, 0) is 51.9 Å². The zero-order chi connectivity index (χ0) is 29.9. The van der Waals surface area contributed by atoms with Gasteiger partial charge < -0.3 is 0 Å². The molecule has 0 amide bonds. The molecule has 0 saturated carbocycles. The van der Waals surface area contributed by atoms with Crippen molar-refractivity contribution in [2.75, 3.05) is 0 Å². The fourth-order valence-electron chi connectivity index (χ4n) is 5.93. The van der Waals surface area contributed by atoms with Crippen LogP contribution in [0.3, 0.4) is 0 Å². The fourth-order valence-corrected chi connectivity index (χ4v) is 5.93. The van der Waals surface area contributed by atoms with Gasteiger partial charge in [-0.15, -0.1) is 0 Å². The molecule has 0 aliphatic rings. The highest BCUT2D eigenvalue weighted by molar-refractivity contribution is 5.82. The van der Waals surface area contributed by atoms with Crippen LogP contribution in [0.25, 0.3) is 67.2 Å². The van der Waals surface area contributed by atoms with Gasteiger partial charge in [-0.1, -0.05) is 152 Å². The van der Waals surface area contributed by atoms with Crippen molar-refractivity contribution in [1.29, 1.82) is 0 Å². The first-order valence-electron chi connectivity index (χ1n) is 15.0. The second kappa shape index (κ2) is 11.9. The molecular formula is C42H33N2+. The average molecular weight is 566 g/mol. The zero-order valence-corrected chi connectivity index (χ0v) is 25.0. The average Bonchev–Trinajstić information content (AvgIpc) is 3.09. The van der Waals surface area contributed by atoms with Gasteiger partial charge >= 0.3 is 0 Å². The van der Waals surface area contributed by atoms with E-state index in [1.165, 1.54) is 44.5 Å². The minimum absolute atomic E-state index is 0.941. The Morgan fingerprint density at radius 3 is 1.34 bits per heavy atom. The summed E-state index contributed by atoms with van der Waals surface area (Å²) in [5.41, 5.74) is 14.8. The molecule has 0 atom stereocenters. The van der Waals surface area contributed by atoms with Gasteiger partial charge in [0.1, 0.15) is 18.4 Å². The molecule has 0 radical (unpaired) electrons. The van der Waals surface area contributed by atoms with Crippen LogP contribution in [0.1, 0.15) is 5.56 Å². The van der Waals surface area contributed by atoms with Crippen molar-refractivity contribution in [3.8, 4) is 67.2 Å². The summed E-state index contributed by atoms with van der Waals surface area (Å²) in [5.74, 6) is 0. The van der Waals surface area contributed by atoms with Crippen LogP contribution in [0.4, 0.5) is 0 Å². The Hall–Kier alpha value is -5.60. The van der Waals surface area contributed by atoms with Crippen LogP contribution < -0.4 is 4.57 Å². The van der Waals surface area contributed by atoms with Crippen LogP contribution in [0, 0.1) is 6.92 Å². The molecule has 0 unspecified atom stereocenters. The minimum atomic E-state index is 0.941. The van der Waals surface area contributed by atoms with Gasteiger partial charge in [-0.3, -0.25) is 0 Å². The topological polar surface area (TPSA) is 16.8 Å². The molecule has 44 heavy (non-hydrogen) atoms. The summed E-state index contributed by atoms with van der Waals surface area (Å²) in [6.07, 6.45) is 2.15. The third kappa shape index (κ3) is 5.46. The molecule has 0 fully saturated rings. The van der Waals surface area contributed by atoms with Gasteiger partial charge in [0.2, 0.25) is 5.69 Å². The number of aryl methyl sites for hydroxylation is 2. The van der Waals surface area contributed by atoms with Crippen molar-refractivity contribution in [1.82, 2.24) is 4.98 Å². The maximum atomic E-state index is 5.36. The standard InChI is InChI=1S/C42H33N2/c1-30-28-38(33-16-10-5-11-17-33)26-27-39(30)42-41(37-24-20-35(21-25-37)32-14-8-4-9-15-32)43-40(29-44(42)2)36-22-18-34(19-23-36)31-12-6-3-7-13-31/h3-29H,1-2H3/q+1. The van der Waals surface area contributed by atoms with Crippen molar-refractivity contribution in [2.24, 2.45) is 7.05 Å². The first-order chi connectivity index (χ1) is 21.6. The van der Waals surface area contributed by atoms with Crippen molar-refractivity contribution >= 4 is 0 Å². The normalized spacial score (nSPS) is 11.0. The molecular weight excluding hydrogens is 532 g/mol. The molecule has 0 aliphatic carbocycles. The summed E-state index contributed by atoms with van der Waals surface area (Å²) in [5, 5.41) is 0. The molecule has 0 aliphatic heterocycles. The summed E-state index contributed by atoms with van der Waals surface area (Å²) in [6, 6.07) is 55.8. The van der Waals surface area contributed by atoms with Crippen LogP contribution in [-0.4, -0.2) is 4.98 Å². The third-order valence-electron chi connectivity index (χ3n) is 8.27. The highest BCUT2D eigenvalue weighted by atomic mass is 15.0. The van der Waals surface area contributed by atoms with E-state index in [9.17, 15) is 0 Å². The molecule has 0 saturated heterocycles. The third-order valence-corrected chi connectivity index (χ3v) is 8.27. The van der Waals surface area contributed by atoms with Crippen molar-refractivity contribution in [3.63, 3.8) is 0 Å². The maximum absolute atomic E-state index is 5.36. The predicted octanol–water partition coefficient (Wildman–Crippen LogP) is 10.2. The lowest BCUT2D eigenvalue weighted by atomic mass is 9.94. The molecule has 1 heterocycles. The van der Waals surface area contributed by atoms with Crippen LogP contribution >= 0.6 is 0 Å². The molecule has 7 rings (SSSR count). The van der Waals surface area contributed by atoms with E-state index in [2.05, 4.69) is 176 Å². The fraction of sp³-hybridized carbons (Fsp3) is 0.0476. The minimum Gasteiger partial charge on any atom is -0.234 e. The van der Waals surface area contributed by atoms with Gasteiger partial charge in [-0.25, -0.2) is 4.98 Å². The summed E-state index contributed by atoms with van der Waals surface area (Å²) in [6.45, 7) is 2.19. The van der Waals surface area contributed by atoms with E-state index in [0.29, 0.717) is 0 Å². The molecule has 0 bridgehead atoms. The first-order valence-corrected chi connectivity index (χ1v) is 15.0. The van der Waals surface area contributed by atoms with E-state index in [4.69, 9.17) is 4.98 Å². The van der Waals surface area contributed by atoms with Crippen molar-refractivity contribution in [3.05, 3.63) is 169 Å². The molecule has 0 N–H and O–H groups in total. The van der Waals surface area contributed by atoms with E-state index in [0.717, 1.165) is 28.2 Å². The Morgan fingerprint density at radius 1 is 0.432 bits per heavy atom. The van der Waals surface area contributed by atoms with Crippen molar-refractivity contribution in [2.45, 2.75) is 6.92 Å². The van der Waals surface area contributed by atoms with E-state index < -0.39 is 0 Å².